The lowest BCUT2D eigenvalue weighted by atomic mass is 10.0. The molecule has 0 aliphatic rings. The van der Waals surface area contributed by atoms with Crippen molar-refractivity contribution in [2.75, 3.05) is 5.32 Å². The molecule has 0 unspecified atom stereocenters. The summed E-state index contributed by atoms with van der Waals surface area (Å²) < 4.78 is 29.0. The van der Waals surface area contributed by atoms with Gasteiger partial charge in [-0.05, 0) is 54.4 Å². The molecule has 7 nitrogen and oxygen atoms in total. The lowest BCUT2D eigenvalue weighted by Crippen LogP contribution is -2.24. The maximum Gasteiger partial charge on any atom is 0.241 e. The van der Waals surface area contributed by atoms with Crippen LogP contribution in [-0.2, 0) is 16.6 Å². The number of hydrogen-bond donors (Lipinski definition) is 2. The van der Waals surface area contributed by atoms with Gasteiger partial charge in [0, 0.05) is 46.0 Å². The summed E-state index contributed by atoms with van der Waals surface area (Å²) in [6, 6.07) is 23.9. The highest BCUT2D eigenvalue weighted by molar-refractivity contribution is 7.89. The van der Waals surface area contributed by atoms with Crippen LogP contribution in [0.4, 0.5) is 11.5 Å². The second-order valence-corrected chi connectivity index (χ2v) is 10.4. The molecule has 0 fully saturated rings. The average Bonchev–Trinajstić information content (AvgIpc) is 2.90. The molecule has 0 atom stereocenters. The number of pyridine rings is 1. The molecule has 2 aromatic heterocycles. The molecule has 10 heteroatoms. The predicted octanol–water partition coefficient (Wildman–Crippen LogP) is 6.30. The molecule has 2 heterocycles. The van der Waals surface area contributed by atoms with Crippen molar-refractivity contribution in [3.8, 4) is 11.3 Å². The number of aryl methyl sites for hydroxylation is 1. The Labute approximate surface area is 226 Å². The van der Waals surface area contributed by atoms with E-state index >= 15 is 0 Å². The van der Waals surface area contributed by atoms with Crippen LogP contribution in [0.1, 0.15) is 11.1 Å². The summed E-state index contributed by atoms with van der Waals surface area (Å²) in [5.41, 5.74) is 3.49. The molecular formula is C27H23Cl2N5O2S. The molecule has 5 rings (SSSR count). The first-order valence-electron chi connectivity index (χ1n) is 11.2. The Morgan fingerprint density at radius 3 is 2.38 bits per heavy atom. The zero-order chi connectivity index (χ0) is 25.1. The van der Waals surface area contributed by atoms with E-state index in [0.717, 1.165) is 22.0 Å². The summed E-state index contributed by atoms with van der Waals surface area (Å²) in [6.07, 6.45) is 3.28. The highest BCUT2D eigenvalue weighted by Gasteiger charge is 2.19. The highest BCUT2D eigenvalue weighted by Crippen LogP contribution is 2.33. The van der Waals surface area contributed by atoms with E-state index in [2.05, 4.69) is 25.2 Å². The molecule has 5 aromatic rings. The number of anilines is 2. The lowest BCUT2D eigenvalue weighted by molar-refractivity contribution is 0.580. The van der Waals surface area contributed by atoms with E-state index in [9.17, 15) is 8.42 Å². The van der Waals surface area contributed by atoms with Gasteiger partial charge in [-0.15, -0.1) is 22.6 Å². The Kier molecular flexibility index (Phi) is 8.04. The molecule has 3 aromatic carbocycles. The Balaban J connectivity index is 0.00000320. The summed E-state index contributed by atoms with van der Waals surface area (Å²) in [5, 5.41) is 14.5. The largest absolute Gasteiger partial charge is 0.338 e. The molecule has 0 bridgehead atoms. The monoisotopic (exact) mass is 551 g/mol. The van der Waals surface area contributed by atoms with Gasteiger partial charge in [-0.1, -0.05) is 54.1 Å². The molecular weight excluding hydrogens is 529 g/mol. The van der Waals surface area contributed by atoms with Crippen molar-refractivity contribution in [2.24, 2.45) is 0 Å². The quantitative estimate of drug-likeness (QED) is 0.246. The van der Waals surface area contributed by atoms with Gasteiger partial charge in [-0.3, -0.25) is 4.98 Å². The molecule has 0 aliphatic carbocycles. The minimum absolute atomic E-state index is 0. The molecule has 188 valence electrons. The fraction of sp³-hybridized carbons (Fsp3) is 0.0741. The van der Waals surface area contributed by atoms with Crippen molar-refractivity contribution in [3.63, 3.8) is 0 Å². The Morgan fingerprint density at radius 1 is 0.892 bits per heavy atom. The maximum atomic E-state index is 13.2. The molecule has 2 N–H and O–H groups in total. The Hall–Kier alpha value is -3.56. The van der Waals surface area contributed by atoms with E-state index in [1.807, 2.05) is 48.5 Å². The number of rotatable bonds is 7. The third kappa shape index (κ3) is 5.89. The second-order valence-electron chi connectivity index (χ2n) is 8.24. The first-order chi connectivity index (χ1) is 17.4. The smallest absolute Gasteiger partial charge is 0.241 e. The van der Waals surface area contributed by atoms with Crippen molar-refractivity contribution in [2.45, 2.75) is 18.4 Å². The van der Waals surface area contributed by atoms with E-state index in [4.69, 9.17) is 11.6 Å². The normalized spacial score (nSPS) is 11.2. The van der Waals surface area contributed by atoms with E-state index in [1.165, 1.54) is 0 Å². The van der Waals surface area contributed by atoms with Crippen molar-refractivity contribution >= 4 is 56.3 Å². The molecule has 0 spiro atoms. The van der Waals surface area contributed by atoms with Crippen LogP contribution in [0.25, 0.3) is 22.0 Å². The summed E-state index contributed by atoms with van der Waals surface area (Å²) in [6.45, 7) is 1.92. The molecule has 0 radical (unpaired) electrons. The topological polar surface area (TPSA) is 96.9 Å². The van der Waals surface area contributed by atoms with Crippen LogP contribution in [0.5, 0.6) is 0 Å². The molecule has 0 saturated carbocycles. The summed E-state index contributed by atoms with van der Waals surface area (Å²) >= 11 is 6.00. The van der Waals surface area contributed by atoms with Gasteiger partial charge >= 0.3 is 0 Å². The van der Waals surface area contributed by atoms with Crippen LogP contribution in [0.15, 0.2) is 96.2 Å². The predicted molar refractivity (Wildman–Crippen MR) is 150 cm³/mol. The van der Waals surface area contributed by atoms with Gasteiger partial charge in [-0.2, -0.15) is 0 Å². The van der Waals surface area contributed by atoms with Gasteiger partial charge in [0.15, 0.2) is 5.82 Å². The van der Waals surface area contributed by atoms with E-state index in [-0.39, 0.29) is 23.8 Å². The van der Waals surface area contributed by atoms with Gasteiger partial charge in [0.25, 0.3) is 0 Å². The van der Waals surface area contributed by atoms with E-state index < -0.39 is 10.0 Å². The van der Waals surface area contributed by atoms with Crippen molar-refractivity contribution < 1.29 is 8.42 Å². The van der Waals surface area contributed by atoms with Crippen molar-refractivity contribution in [1.29, 1.82) is 0 Å². The number of sulfonamides is 1. The number of benzene rings is 3. The second kappa shape index (κ2) is 11.2. The summed E-state index contributed by atoms with van der Waals surface area (Å²) in [7, 11) is -3.77. The van der Waals surface area contributed by atoms with Crippen molar-refractivity contribution in [1.82, 2.24) is 19.9 Å². The lowest BCUT2D eigenvalue weighted by Gasteiger charge is -2.14. The minimum Gasteiger partial charge on any atom is -0.338 e. The van der Waals surface area contributed by atoms with Crippen LogP contribution in [0.3, 0.4) is 0 Å². The number of nitrogens with one attached hydrogen (secondary N) is 2. The summed E-state index contributed by atoms with van der Waals surface area (Å²) in [4.78, 5) is 4.23. The maximum absolute atomic E-state index is 13.2. The summed E-state index contributed by atoms with van der Waals surface area (Å²) in [5.74, 6) is 0.592. The number of halogens is 2. The van der Waals surface area contributed by atoms with Gasteiger partial charge < -0.3 is 5.32 Å². The van der Waals surface area contributed by atoms with Crippen molar-refractivity contribution in [3.05, 3.63) is 107 Å². The van der Waals surface area contributed by atoms with Gasteiger partial charge in [-0.25, -0.2) is 13.1 Å². The fourth-order valence-corrected chi connectivity index (χ4v) is 5.29. The first-order valence-corrected chi connectivity index (χ1v) is 13.0. The zero-order valence-corrected chi connectivity index (χ0v) is 22.1. The Morgan fingerprint density at radius 2 is 1.65 bits per heavy atom. The van der Waals surface area contributed by atoms with Gasteiger partial charge in [0.1, 0.15) is 5.69 Å². The number of nitrogens with zero attached hydrogens (tertiary/aromatic N) is 3. The average molecular weight is 552 g/mol. The molecule has 0 amide bonds. The van der Waals surface area contributed by atoms with Crippen LogP contribution in [0, 0.1) is 6.92 Å². The van der Waals surface area contributed by atoms with Crippen LogP contribution >= 0.6 is 24.0 Å². The molecule has 0 aliphatic heterocycles. The van der Waals surface area contributed by atoms with E-state index in [0.29, 0.717) is 27.7 Å². The highest BCUT2D eigenvalue weighted by atomic mass is 35.5. The zero-order valence-electron chi connectivity index (χ0n) is 19.7. The standard InChI is InChI=1S/C27H22ClN5O2S.ClH/c1-18-8-9-20(15-25(18)36(34,35)30-17-19-5-4-14-29-16-19)26-23-6-2-3-7-24(23)27(33-32-26)31-22-12-10-21(28)11-13-22;/h2-16,30H,17H2,1H3,(H,31,33);1H. The fourth-order valence-electron chi connectivity index (χ4n) is 3.88. The number of hydrogen-bond acceptors (Lipinski definition) is 6. The van der Waals surface area contributed by atoms with Gasteiger partial charge in [0.2, 0.25) is 10.0 Å². The number of fused-ring (bicyclic) bond motifs is 1. The molecule has 0 saturated heterocycles. The first kappa shape index (κ1) is 26.5. The van der Waals surface area contributed by atoms with E-state index in [1.54, 1.807) is 49.6 Å². The minimum atomic E-state index is -3.77. The van der Waals surface area contributed by atoms with Crippen LogP contribution < -0.4 is 10.0 Å². The van der Waals surface area contributed by atoms with Gasteiger partial charge in [0.05, 0.1) is 4.90 Å². The van der Waals surface area contributed by atoms with Crippen LogP contribution in [0.2, 0.25) is 5.02 Å². The molecule has 37 heavy (non-hydrogen) atoms. The third-order valence-corrected chi connectivity index (χ3v) is 7.53. The Bertz CT molecular complexity index is 1650. The number of aromatic nitrogens is 3. The SMILES string of the molecule is Cc1ccc(-c2nnc(Nc3ccc(Cl)cc3)c3ccccc23)cc1S(=O)(=O)NCc1cccnc1.Cl. The third-order valence-electron chi connectivity index (χ3n) is 5.73. The van der Waals surface area contributed by atoms with Crippen LogP contribution in [-0.4, -0.2) is 23.6 Å².